The molecule has 0 bridgehead atoms. The summed E-state index contributed by atoms with van der Waals surface area (Å²) >= 11 is 5.83. The largest absolute Gasteiger partial charge is 0.494 e. The number of hydrogen-bond acceptors (Lipinski definition) is 8. The van der Waals surface area contributed by atoms with E-state index in [4.69, 9.17) is 38.9 Å². The van der Waals surface area contributed by atoms with Crippen LogP contribution in [-0.4, -0.2) is 34.6 Å². The molecule has 180 valence electrons. The Morgan fingerprint density at radius 2 is 1.74 bits per heavy atom. The van der Waals surface area contributed by atoms with E-state index in [1.165, 1.54) is 10.9 Å². The van der Waals surface area contributed by atoms with Gasteiger partial charge in [-0.15, -0.1) is 0 Å². The molecule has 1 aromatic heterocycles. The van der Waals surface area contributed by atoms with Crippen LogP contribution in [0.1, 0.15) is 54.6 Å². The molecule has 3 aromatic rings. The van der Waals surface area contributed by atoms with Crippen LogP contribution < -0.4 is 21.9 Å². The third-order valence-corrected chi connectivity index (χ3v) is 5.76. The Bertz CT molecular complexity index is 1170. The smallest absolute Gasteiger partial charge is 0.190 e. The molecule has 0 saturated heterocycles. The number of carbonyl (C=O) groups excluding carboxylic acids is 1. The Morgan fingerprint density at radius 1 is 0.971 bits per heavy atom. The summed E-state index contributed by atoms with van der Waals surface area (Å²) in [6.45, 7) is 1.25. The van der Waals surface area contributed by atoms with Gasteiger partial charge in [-0.25, -0.2) is 9.97 Å². The number of aryl methyl sites for hydroxylation is 1. The van der Waals surface area contributed by atoms with Crippen LogP contribution in [0.5, 0.6) is 5.75 Å². The van der Waals surface area contributed by atoms with Gasteiger partial charge in [-0.3, -0.25) is 4.79 Å². The molecule has 0 aliphatic carbocycles. The second-order valence-electron chi connectivity index (χ2n) is 8.23. The van der Waals surface area contributed by atoms with Gasteiger partial charge in [-0.1, -0.05) is 42.3 Å². The number of nitrogens with one attached hydrogen (secondary N) is 1. The molecule has 2 aromatic carbocycles. The molecule has 0 unspecified atom stereocenters. The summed E-state index contributed by atoms with van der Waals surface area (Å²) in [5.41, 5.74) is 18.3. The van der Waals surface area contributed by atoms with Gasteiger partial charge >= 0.3 is 0 Å². The van der Waals surface area contributed by atoms with Gasteiger partial charge in [-0.2, -0.15) is 0 Å². The Balaban J connectivity index is 1.41. The number of aromatic nitrogens is 2. The molecule has 0 fully saturated rings. The van der Waals surface area contributed by atoms with Crippen molar-refractivity contribution in [2.75, 3.05) is 24.6 Å². The average molecular weight is 483 g/mol. The Hall–Kier alpha value is -3.23. The van der Waals surface area contributed by atoms with Gasteiger partial charge in [-0.05, 0) is 67.1 Å². The maximum absolute atomic E-state index is 12.4. The molecule has 34 heavy (non-hydrogen) atoms. The zero-order valence-corrected chi connectivity index (χ0v) is 19.9. The second kappa shape index (κ2) is 12.3. The third-order valence-electron chi connectivity index (χ3n) is 5.48. The van der Waals surface area contributed by atoms with E-state index in [2.05, 4.69) is 40.3 Å². The first kappa shape index (κ1) is 25.4. The molecule has 0 aliphatic rings. The van der Waals surface area contributed by atoms with Crippen molar-refractivity contribution in [1.29, 1.82) is 5.41 Å². The van der Waals surface area contributed by atoms with E-state index < -0.39 is 0 Å². The zero-order chi connectivity index (χ0) is 24.5. The van der Waals surface area contributed by atoms with Crippen molar-refractivity contribution in [1.82, 2.24) is 9.97 Å². The van der Waals surface area contributed by atoms with E-state index >= 15 is 0 Å². The molecule has 9 heteroatoms. The molecule has 0 spiro atoms. The minimum absolute atomic E-state index is 0.0192. The first-order valence-corrected chi connectivity index (χ1v) is 11.8. The molecular formula is C25H31ClN6O2. The lowest BCUT2D eigenvalue weighted by atomic mass is 10.0. The van der Waals surface area contributed by atoms with Crippen LogP contribution in [0.2, 0.25) is 5.15 Å². The van der Waals surface area contributed by atoms with Crippen molar-refractivity contribution in [3.8, 4) is 5.75 Å². The lowest BCUT2D eigenvalue weighted by Crippen LogP contribution is -2.14. The fourth-order valence-corrected chi connectivity index (χ4v) is 3.78. The minimum atomic E-state index is -0.374. The highest BCUT2D eigenvalue weighted by Crippen LogP contribution is 2.23. The number of ether oxygens (including phenoxy) is 1. The van der Waals surface area contributed by atoms with Crippen molar-refractivity contribution in [3.63, 3.8) is 0 Å². The van der Waals surface area contributed by atoms with Crippen LogP contribution in [0.25, 0.3) is 10.8 Å². The first-order chi connectivity index (χ1) is 16.4. The van der Waals surface area contributed by atoms with E-state index in [0.717, 1.165) is 43.2 Å². The van der Waals surface area contributed by atoms with E-state index in [-0.39, 0.29) is 34.7 Å². The van der Waals surface area contributed by atoms with Gasteiger partial charge in [0.25, 0.3) is 0 Å². The van der Waals surface area contributed by atoms with Crippen molar-refractivity contribution in [2.45, 2.75) is 44.9 Å². The molecule has 0 atom stereocenters. The highest BCUT2D eigenvalue weighted by Gasteiger charge is 2.17. The van der Waals surface area contributed by atoms with Crippen LogP contribution in [-0.2, 0) is 6.42 Å². The molecule has 3 rings (SSSR count). The Morgan fingerprint density at radius 3 is 2.53 bits per heavy atom. The summed E-state index contributed by atoms with van der Waals surface area (Å²) in [6, 6.07) is 12.6. The molecule has 8 nitrogen and oxygen atoms in total. The van der Waals surface area contributed by atoms with Gasteiger partial charge in [0, 0.05) is 5.71 Å². The summed E-state index contributed by atoms with van der Waals surface area (Å²) in [5.74, 6) is 0.407. The van der Waals surface area contributed by atoms with Gasteiger partial charge in [0.1, 0.15) is 5.75 Å². The van der Waals surface area contributed by atoms with E-state index in [1.54, 1.807) is 0 Å². The van der Waals surface area contributed by atoms with Crippen LogP contribution in [0.4, 0.5) is 11.6 Å². The number of hydrogen-bond donors (Lipinski definition) is 4. The van der Waals surface area contributed by atoms with E-state index in [0.29, 0.717) is 25.3 Å². The number of ketones is 1. The third kappa shape index (κ3) is 7.13. The predicted molar refractivity (Wildman–Crippen MR) is 138 cm³/mol. The summed E-state index contributed by atoms with van der Waals surface area (Å²) in [6.07, 6.45) is 5.12. The number of halogens is 1. The van der Waals surface area contributed by atoms with Crippen molar-refractivity contribution in [2.24, 2.45) is 5.73 Å². The Labute approximate surface area is 204 Å². The number of anilines is 2. The van der Waals surface area contributed by atoms with Crippen LogP contribution in [0.15, 0.2) is 36.4 Å². The normalized spacial score (nSPS) is 11.0. The van der Waals surface area contributed by atoms with Crippen molar-refractivity contribution < 1.29 is 9.53 Å². The summed E-state index contributed by atoms with van der Waals surface area (Å²) in [5, 5.41) is 10.4. The van der Waals surface area contributed by atoms with Crippen LogP contribution in [0, 0.1) is 5.41 Å². The maximum atomic E-state index is 12.4. The average Bonchev–Trinajstić information content (AvgIpc) is 2.81. The maximum Gasteiger partial charge on any atom is 0.190 e. The van der Waals surface area contributed by atoms with Gasteiger partial charge in [0.15, 0.2) is 28.3 Å². The standard InChI is InChI=1S/C25H31ClN6O2/c26-23-25(30)32-24(29)22(31-23)21(33)15-19(28)6-3-1-2-5-16-7-8-18-14-20(34-12-4-11-27)10-9-17(18)13-16/h7-10,13-14,28H,1-6,11-12,15,27H2,(H4,29,30,32). The van der Waals surface area contributed by atoms with Crippen molar-refractivity contribution >= 4 is 45.5 Å². The van der Waals surface area contributed by atoms with Crippen LogP contribution >= 0.6 is 11.6 Å². The van der Waals surface area contributed by atoms with Gasteiger partial charge in [0.2, 0.25) is 0 Å². The van der Waals surface area contributed by atoms with Crippen LogP contribution in [0.3, 0.4) is 0 Å². The molecule has 0 aliphatic heterocycles. The molecule has 0 amide bonds. The summed E-state index contributed by atoms with van der Waals surface area (Å²) in [7, 11) is 0. The number of rotatable bonds is 13. The number of fused-ring (bicyclic) bond motifs is 1. The highest BCUT2D eigenvalue weighted by atomic mass is 35.5. The highest BCUT2D eigenvalue weighted by molar-refractivity contribution is 6.31. The number of nitrogens with two attached hydrogens (primary N) is 3. The van der Waals surface area contributed by atoms with Crippen molar-refractivity contribution in [3.05, 3.63) is 52.8 Å². The number of Topliss-reactive ketones (excluding diaryl/α,β-unsaturated/α-hetero) is 1. The molecule has 0 saturated carbocycles. The fraction of sp³-hybridized carbons (Fsp3) is 0.360. The topological polar surface area (TPSA) is 154 Å². The summed E-state index contributed by atoms with van der Waals surface area (Å²) in [4.78, 5) is 20.1. The predicted octanol–water partition coefficient (Wildman–Crippen LogP) is 4.57. The molecule has 0 radical (unpaired) electrons. The number of unbranched alkanes of at least 4 members (excludes halogenated alkanes) is 2. The van der Waals surface area contributed by atoms with E-state index in [1.807, 2.05) is 6.07 Å². The zero-order valence-electron chi connectivity index (χ0n) is 19.1. The lowest BCUT2D eigenvalue weighted by molar-refractivity contribution is 0.0996. The number of carbonyl (C=O) groups is 1. The second-order valence-corrected chi connectivity index (χ2v) is 8.59. The minimum Gasteiger partial charge on any atom is -0.494 e. The Kier molecular flexibility index (Phi) is 9.18. The molecule has 1 heterocycles. The van der Waals surface area contributed by atoms with Gasteiger partial charge in [0.05, 0.1) is 13.0 Å². The first-order valence-electron chi connectivity index (χ1n) is 11.4. The lowest BCUT2D eigenvalue weighted by Gasteiger charge is -2.08. The fourth-order valence-electron chi connectivity index (χ4n) is 3.65. The quantitative estimate of drug-likeness (QED) is 0.158. The SMILES string of the molecule is N=C(CCCCCc1ccc2cc(OCCCN)ccc2c1)CC(=O)c1nc(Cl)c(N)nc1N. The number of nitrogens with zero attached hydrogens (tertiary/aromatic N) is 2. The number of nitrogen functional groups attached to an aromatic ring is 2. The monoisotopic (exact) mass is 482 g/mol. The number of benzene rings is 2. The van der Waals surface area contributed by atoms with E-state index in [9.17, 15) is 4.79 Å². The summed E-state index contributed by atoms with van der Waals surface area (Å²) < 4.78 is 5.72. The molecule has 7 N–H and O–H groups in total. The molecular weight excluding hydrogens is 452 g/mol. The van der Waals surface area contributed by atoms with Gasteiger partial charge < -0.3 is 27.3 Å².